The number of aryl methyl sites for hydroxylation is 1. The number of carbonyl (C=O) groups is 1. The number of nitrogens with one attached hydrogen (secondary N) is 2. The van der Waals surface area contributed by atoms with Gasteiger partial charge in [-0.25, -0.2) is 0 Å². The van der Waals surface area contributed by atoms with Crippen LogP contribution in [0.5, 0.6) is 0 Å². The number of hydrogen-bond donors (Lipinski definition) is 2. The first kappa shape index (κ1) is 16.4. The second kappa shape index (κ2) is 6.95. The summed E-state index contributed by atoms with van der Waals surface area (Å²) in [6.07, 6.45) is 0.957. The molecular weight excluding hydrogens is 334 g/mol. The van der Waals surface area contributed by atoms with Crippen LogP contribution in [-0.2, 0) is 4.79 Å². The summed E-state index contributed by atoms with van der Waals surface area (Å²) in [7, 11) is 0. The molecule has 0 saturated heterocycles. The Hall–Kier alpha value is -1.50. The fraction of sp³-hybridized carbons (Fsp3) is 0.375. The first-order valence-corrected chi connectivity index (χ1v) is 8.82. The average molecular weight is 352 g/mol. The minimum absolute atomic E-state index is 0.116. The van der Waals surface area contributed by atoms with Crippen molar-refractivity contribution in [2.45, 2.75) is 37.2 Å². The van der Waals surface area contributed by atoms with Gasteiger partial charge in [-0.2, -0.15) is 0 Å². The third-order valence-corrected chi connectivity index (χ3v) is 5.09. The minimum atomic E-state index is -0.355. The quantitative estimate of drug-likeness (QED) is 0.877. The lowest BCUT2D eigenvalue weighted by Gasteiger charge is -2.28. The Balaban J connectivity index is 1.67. The first-order valence-electron chi connectivity index (χ1n) is 7.45. The van der Waals surface area contributed by atoms with Crippen LogP contribution in [-0.4, -0.2) is 22.9 Å². The fourth-order valence-corrected chi connectivity index (χ4v) is 3.86. The molecule has 2 aromatic rings. The lowest BCUT2D eigenvalue weighted by molar-refractivity contribution is -0.118. The third kappa shape index (κ3) is 3.88. The van der Waals surface area contributed by atoms with Crippen LogP contribution in [0.3, 0.4) is 0 Å². The molecule has 1 aromatic carbocycles. The molecule has 2 N–H and O–H groups in total. The molecule has 0 radical (unpaired) electrons. The molecule has 122 valence electrons. The number of halogens is 1. The van der Waals surface area contributed by atoms with Crippen LogP contribution in [0.15, 0.2) is 33.7 Å². The molecule has 0 spiro atoms. The van der Waals surface area contributed by atoms with E-state index >= 15 is 0 Å². The van der Waals surface area contributed by atoms with Crippen molar-refractivity contribution in [2.24, 2.45) is 0 Å². The van der Waals surface area contributed by atoms with Gasteiger partial charge in [0.05, 0.1) is 6.04 Å². The lowest BCUT2D eigenvalue weighted by Crippen LogP contribution is -2.41. The molecule has 2 atom stereocenters. The number of thioether (sulfide) groups is 1. The molecule has 23 heavy (non-hydrogen) atoms. The predicted octanol–water partition coefficient (Wildman–Crippen LogP) is 3.79. The summed E-state index contributed by atoms with van der Waals surface area (Å²) in [5.74, 6) is 1.97. The number of carbonyl (C=O) groups excluding carboxylic acids is 1. The summed E-state index contributed by atoms with van der Waals surface area (Å²) in [4.78, 5) is 13.5. The van der Waals surface area contributed by atoms with Crippen molar-refractivity contribution in [2.75, 3.05) is 11.1 Å². The lowest BCUT2D eigenvalue weighted by atomic mass is 10.0. The van der Waals surface area contributed by atoms with Gasteiger partial charge in [-0.05, 0) is 49.8 Å². The molecule has 1 aliphatic heterocycles. The van der Waals surface area contributed by atoms with E-state index in [-0.39, 0.29) is 18.0 Å². The van der Waals surface area contributed by atoms with Gasteiger partial charge in [-0.1, -0.05) is 16.8 Å². The zero-order valence-corrected chi connectivity index (χ0v) is 14.5. The van der Waals surface area contributed by atoms with Gasteiger partial charge in [0.25, 0.3) is 0 Å². The highest BCUT2D eigenvalue weighted by Crippen LogP contribution is 2.37. The van der Waals surface area contributed by atoms with E-state index in [4.69, 9.17) is 16.1 Å². The van der Waals surface area contributed by atoms with Gasteiger partial charge in [0.1, 0.15) is 5.76 Å². The normalized spacial score (nSPS) is 18.3. The molecule has 1 amide bonds. The van der Waals surface area contributed by atoms with Crippen LogP contribution >= 0.6 is 23.4 Å². The second-order valence-corrected chi connectivity index (χ2v) is 7.15. The summed E-state index contributed by atoms with van der Waals surface area (Å²) < 4.78 is 4.95. The molecular formula is C16H18ClN3O2S. The molecule has 0 aliphatic carbocycles. The van der Waals surface area contributed by atoms with Gasteiger partial charge in [-0.15, -0.1) is 11.8 Å². The van der Waals surface area contributed by atoms with Crippen LogP contribution in [0.1, 0.15) is 30.7 Å². The highest BCUT2D eigenvalue weighted by Gasteiger charge is 2.25. The molecule has 5 nitrogen and oxygen atoms in total. The van der Waals surface area contributed by atoms with Crippen molar-refractivity contribution < 1.29 is 9.32 Å². The van der Waals surface area contributed by atoms with Gasteiger partial charge in [0.15, 0.2) is 5.82 Å². The number of nitrogens with zero attached hydrogens (tertiary/aromatic N) is 1. The molecule has 2 heterocycles. The van der Waals surface area contributed by atoms with Gasteiger partial charge >= 0.3 is 0 Å². The van der Waals surface area contributed by atoms with E-state index in [9.17, 15) is 4.79 Å². The summed E-state index contributed by atoms with van der Waals surface area (Å²) in [6.45, 7) is 3.62. The minimum Gasteiger partial charge on any atom is -0.360 e. The van der Waals surface area contributed by atoms with E-state index in [0.717, 1.165) is 17.7 Å². The summed E-state index contributed by atoms with van der Waals surface area (Å²) in [5, 5.41) is 10.6. The average Bonchev–Trinajstić information content (AvgIpc) is 2.93. The Morgan fingerprint density at radius 1 is 1.48 bits per heavy atom. The van der Waals surface area contributed by atoms with Crippen molar-refractivity contribution in [3.63, 3.8) is 0 Å². The fourth-order valence-electron chi connectivity index (χ4n) is 2.58. The first-order chi connectivity index (χ1) is 11.0. The molecule has 1 aliphatic rings. The van der Waals surface area contributed by atoms with E-state index in [1.54, 1.807) is 13.0 Å². The number of anilines is 1. The standard InChI is InChI=1S/C16H18ClN3O2S/c1-9-7-15(20-22-9)19-16(21)10(2)18-13-5-6-23-14-4-3-11(17)8-12(13)14/h3-4,7-8,10,13,18H,5-6H2,1-2H3,(H,19,20,21)/t10-,13+/m1/s1. The highest BCUT2D eigenvalue weighted by atomic mass is 35.5. The van der Waals surface area contributed by atoms with Crippen molar-refractivity contribution in [1.29, 1.82) is 0 Å². The number of amides is 1. The molecule has 0 saturated carbocycles. The highest BCUT2D eigenvalue weighted by molar-refractivity contribution is 7.99. The molecule has 7 heteroatoms. The molecule has 3 rings (SSSR count). The zero-order valence-electron chi connectivity index (χ0n) is 12.9. The summed E-state index contributed by atoms with van der Waals surface area (Å²) in [5.41, 5.74) is 1.16. The van der Waals surface area contributed by atoms with Crippen LogP contribution in [0.4, 0.5) is 5.82 Å². The maximum Gasteiger partial charge on any atom is 0.242 e. The van der Waals surface area contributed by atoms with Crippen LogP contribution in [0.25, 0.3) is 0 Å². The second-order valence-electron chi connectivity index (χ2n) is 5.57. The van der Waals surface area contributed by atoms with Crippen LogP contribution in [0.2, 0.25) is 5.02 Å². The van der Waals surface area contributed by atoms with Crippen LogP contribution in [0, 0.1) is 6.92 Å². The van der Waals surface area contributed by atoms with E-state index in [1.807, 2.05) is 36.9 Å². The van der Waals surface area contributed by atoms with E-state index < -0.39 is 0 Å². The number of hydrogen-bond acceptors (Lipinski definition) is 5. The molecule has 0 unspecified atom stereocenters. The van der Waals surface area contributed by atoms with Crippen molar-refractivity contribution in [3.8, 4) is 0 Å². The monoisotopic (exact) mass is 351 g/mol. The van der Waals surface area contributed by atoms with Crippen molar-refractivity contribution in [3.05, 3.63) is 40.6 Å². The van der Waals surface area contributed by atoms with Crippen molar-refractivity contribution in [1.82, 2.24) is 10.5 Å². The van der Waals surface area contributed by atoms with E-state index in [2.05, 4.69) is 15.8 Å². The molecule has 0 fully saturated rings. The number of rotatable bonds is 4. The molecule has 0 bridgehead atoms. The van der Waals surface area contributed by atoms with E-state index in [0.29, 0.717) is 16.6 Å². The Kier molecular flexibility index (Phi) is 4.94. The number of benzene rings is 1. The third-order valence-electron chi connectivity index (χ3n) is 3.74. The topological polar surface area (TPSA) is 67.2 Å². The predicted molar refractivity (Wildman–Crippen MR) is 92.0 cm³/mol. The summed E-state index contributed by atoms with van der Waals surface area (Å²) in [6, 6.07) is 7.37. The Bertz CT molecular complexity index is 719. The van der Waals surface area contributed by atoms with Gasteiger partial charge in [0.2, 0.25) is 5.91 Å². The number of aromatic nitrogens is 1. The Labute approximate surface area is 144 Å². The zero-order chi connectivity index (χ0) is 16.4. The molecule has 1 aromatic heterocycles. The van der Waals surface area contributed by atoms with Crippen LogP contribution < -0.4 is 10.6 Å². The maximum absolute atomic E-state index is 12.3. The number of fused-ring (bicyclic) bond motifs is 1. The Morgan fingerprint density at radius 3 is 3.04 bits per heavy atom. The van der Waals surface area contributed by atoms with E-state index in [1.165, 1.54) is 4.90 Å². The summed E-state index contributed by atoms with van der Waals surface area (Å²) >= 11 is 7.94. The SMILES string of the molecule is Cc1cc(NC(=O)[C@@H](C)N[C@H]2CCSc3ccc(Cl)cc32)no1. The van der Waals surface area contributed by atoms with Gasteiger partial charge < -0.3 is 9.84 Å². The van der Waals surface area contributed by atoms with Crippen molar-refractivity contribution >= 4 is 35.1 Å². The maximum atomic E-state index is 12.3. The largest absolute Gasteiger partial charge is 0.360 e. The smallest absolute Gasteiger partial charge is 0.242 e. The van der Waals surface area contributed by atoms with Gasteiger partial charge in [-0.3, -0.25) is 10.1 Å². The Morgan fingerprint density at radius 2 is 2.30 bits per heavy atom. The van der Waals surface area contributed by atoms with Gasteiger partial charge in [0, 0.05) is 22.0 Å².